The molecule has 0 atom stereocenters. The average molecular weight is 389 g/mol. The van der Waals surface area contributed by atoms with Gasteiger partial charge in [-0.25, -0.2) is 4.98 Å². The van der Waals surface area contributed by atoms with E-state index < -0.39 is 0 Å². The summed E-state index contributed by atoms with van der Waals surface area (Å²) in [6.45, 7) is 1.52. The fraction of sp³-hybridized carbons (Fsp3) is 0.368. The molecule has 0 saturated heterocycles. The molecule has 0 aliphatic carbocycles. The number of thiazole rings is 1. The third kappa shape index (κ3) is 5.02. The summed E-state index contributed by atoms with van der Waals surface area (Å²) in [5, 5.41) is 7.53. The zero-order chi connectivity index (χ0) is 18.2. The first-order chi connectivity index (χ1) is 12.8. The van der Waals surface area contributed by atoms with E-state index in [1.807, 2.05) is 42.1 Å². The van der Waals surface area contributed by atoms with E-state index in [0.29, 0.717) is 6.54 Å². The molecule has 138 valence electrons. The Labute approximate surface area is 162 Å². The number of hydrogen-bond donors (Lipinski definition) is 2. The number of thioether (sulfide) groups is 1. The molecule has 0 amide bonds. The normalized spacial score (nSPS) is 11.8. The van der Waals surface area contributed by atoms with Crippen molar-refractivity contribution in [3.8, 4) is 10.8 Å². The summed E-state index contributed by atoms with van der Waals surface area (Å²) in [5.74, 6) is 3.67. The van der Waals surface area contributed by atoms with E-state index in [4.69, 9.17) is 4.42 Å². The lowest BCUT2D eigenvalue weighted by atomic mass is 10.3. The monoisotopic (exact) mass is 388 g/mol. The molecule has 0 spiro atoms. The van der Waals surface area contributed by atoms with Crippen molar-refractivity contribution in [3.05, 3.63) is 42.2 Å². The van der Waals surface area contributed by atoms with Gasteiger partial charge < -0.3 is 15.1 Å². The molecule has 0 bridgehead atoms. The van der Waals surface area contributed by atoms with E-state index in [-0.39, 0.29) is 0 Å². The number of furan rings is 1. The van der Waals surface area contributed by atoms with Crippen LogP contribution in [-0.4, -0.2) is 36.5 Å². The third-order valence-corrected chi connectivity index (χ3v) is 5.64. The van der Waals surface area contributed by atoms with E-state index >= 15 is 0 Å². The number of para-hydroxylation sites is 1. The van der Waals surface area contributed by atoms with Crippen LogP contribution in [0.25, 0.3) is 21.0 Å². The second-order valence-corrected chi connectivity index (χ2v) is 7.82. The van der Waals surface area contributed by atoms with Crippen molar-refractivity contribution in [2.24, 2.45) is 4.99 Å². The Morgan fingerprint density at radius 1 is 1.19 bits per heavy atom. The molecule has 2 aromatic heterocycles. The minimum atomic E-state index is 0.593. The van der Waals surface area contributed by atoms with Gasteiger partial charge in [0.1, 0.15) is 5.76 Å². The van der Waals surface area contributed by atoms with Crippen molar-refractivity contribution in [1.82, 2.24) is 15.6 Å². The molecule has 5 nitrogen and oxygen atoms in total. The first-order valence-corrected chi connectivity index (χ1v) is 10.9. The van der Waals surface area contributed by atoms with Crippen LogP contribution in [0, 0.1) is 0 Å². The second-order valence-electron chi connectivity index (χ2n) is 5.81. The zero-order valence-corrected chi connectivity index (χ0v) is 16.8. The zero-order valence-electron chi connectivity index (χ0n) is 15.1. The highest BCUT2D eigenvalue weighted by Gasteiger charge is 2.10. The van der Waals surface area contributed by atoms with Crippen LogP contribution in [0.2, 0.25) is 0 Å². The number of benzene rings is 1. The molecule has 0 aliphatic rings. The van der Waals surface area contributed by atoms with Crippen molar-refractivity contribution in [2.45, 2.75) is 19.4 Å². The van der Waals surface area contributed by atoms with Crippen LogP contribution in [0.4, 0.5) is 0 Å². The van der Waals surface area contributed by atoms with Crippen molar-refractivity contribution >= 4 is 39.3 Å². The van der Waals surface area contributed by atoms with Crippen LogP contribution in [0.15, 0.2) is 45.8 Å². The summed E-state index contributed by atoms with van der Waals surface area (Å²) in [7, 11) is 1.78. The smallest absolute Gasteiger partial charge is 0.191 e. The van der Waals surface area contributed by atoms with Crippen LogP contribution >= 0.6 is 23.1 Å². The number of aliphatic imine (C=N–C) groups is 1. The summed E-state index contributed by atoms with van der Waals surface area (Å²) < 4.78 is 7.12. The van der Waals surface area contributed by atoms with Gasteiger partial charge in [0, 0.05) is 13.6 Å². The summed E-state index contributed by atoms with van der Waals surface area (Å²) in [6.07, 6.45) is 4.50. The number of guanidine groups is 1. The lowest BCUT2D eigenvalue weighted by molar-refractivity contribution is 0.513. The topological polar surface area (TPSA) is 62.5 Å². The van der Waals surface area contributed by atoms with Gasteiger partial charge in [-0.15, -0.1) is 11.3 Å². The van der Waals surface area contributed by atoms with Gasteiger partial charge in [0.25, 0.3) is 0 Å². The van der Waals surface area contributed by atoms with Crippen molar-refractivity contribution < 1.29 is 4.42 Å². The molecule has 3 rings (SSSR count). The number of rotatable bonds is 8. The largest absolute Gasteiger partial charge is 0.457 e. The molecule has 1 aromatic carbocycles. The molecule has 0 unspecified atom stereocenters. The van der Waals surface area contributed by atoms with E-state index in [1.54, 1.807) is 18.4 Å². The number of unbranched alkanes of at least 4 members (excludes halogenated alkanes) is 1. The molecular weight excluding hydrogens is 364 g/mol. The minimum absolute atomic E-state index is 0.593. The maximum absolute atomic E-state index is 5.95. The summed E-state index contributed by atoms with van der Waals surface area (Å²) >= 11 is 3.53. The highest BCUT2D eigenvalue weighted by atomic mass is 32.2. The Bertz CT molecular complexity index is 823. The maximum atomic E-state index is 5.95. The van der Waals surface area contributed by atoms with Gasteiger partial charge in [-0.05, 0) is 49.1 Å². The molecule has 3 aromatic rings. The Kier molecular flexibility index (Phi) is 6.96. The van der Waals surface area contributed by atoms with Gasteiger partial charge in [-0.1, -0.05) is 12.1 Å². The van der Waals surface area contributed by atoms with Gasteiger partial charge in [0.15, 0.2) is 16.7 Å². The Hall–Kier alpha value is -1.99. The predicted octanol–water partition coefficient (Wildman–Crippen LogP) is 4.36. The molecule has 0 radical (unpaired) electrons. The lowest BCUT2D eigenvalue weighted by Gasteiger charge is -2.10. The van der Waals surface area contributed by atoms with E-state index in [1.165, 1.54) is 16.9 Å². The number of fused-ring (bicyclic) bond motifs is 1. The van der Waals surface area contributed by atoms with Gasteiger partial charge in [0.2, 0.25) is 0 Å². The first kappa shape index (κ1) is 18.8. The van der Waals surface area contributed by atoms with Crippen LogP contribution in [0.5, 0.6) is 0 Å². The molecule has 0 saturated carbocycles. The van der Waals surface area contributed by atoms with Crippen LogP contribution in [0.3, 0.4) is 0 Å². The van der Waals surface area contributed by atoms with Gasteiger partial charge >= 0.3 is 0 Å². The van der Waals surface area contributed by atoms with Crippen LogP contribution in [-0.2, 0) is 6.54 Å². The molecule has 2 N–H and O–H groups in total. The lowest BCUT2D eigenvalue weighted by Crippen LogP contribution is -2.37. The first-order valence-electron chi connectivity index (χ1n) is 8.68. The Morgan fingerprint density at radius 2 is 2.08 bits per heavy atom. The SMILES string of the molecule is CN=C(NCCCCSC)NCc1ccc(-c2nc3ccccc3s2)o1. The average Bonchev–Trinajstić information content (AvgIpc) is 3.30. The van der Waals surface area contributed by atoms with Gasteiger partial charge in [-0.3, -0.25) is 4.99 Å². The quantitative estimate of drug-likeness (QED) is 0.341. The predicted molar refractivity (Wildman–Crippen MR) is 113 cm³/mol. The molecule has 7 heteroatoms. The minimum Gasteiger partial charge on any atom is -0.457 e. The molecular formula is C19H24N4OS2. The second kappa shape index (κ2) is 9.64. The Morgan fingerprint density at radius 3 is 2.88 bits per heavy atom. The van der Waals surface area contributed by atoms with E-state index in [0.717, 1.165) is 41.0 Å². The number of nitrogens with one attached hydrogen (secondary N) is 2. The molecule has 2 heterocycles. The number of aromatic nitrogens is 1. The van der Waals surface area contributed by atoms with E-state index in [9.17, 15) is 0 Å². The van der Waals surface area contributed by atoms with E-state index in [2.05, 4.69) is 32.9 Å². The van der Waals surface area contributed by atoms with Gasteiger partial charge in [-0.2, -0.15) is 11.8 Å². The standard InChI is InChI=1S/C19H24N4OS2/c1-20-19(21-11-5-6-12-25-2)22-13-14-9-10-16(24-14)18-23-15-7-3-4-8-17(15)26-18/h3-4,7-10H,5-6,11-13H2,1-2H3,(H2,20,21,22). The van der Waals surface area contributed by atoms with Gasteiger partial charge in [0.05, 0.1) is 16.8 Å². The van der Waals surface area contributed by atoms with Crippen LogP contribution < -0.4 is 10.6 Å². The highest BCUT2D eigenvalue weighted by molar-refractivity contribution is 7.98. The Balaban J connectivity index is 1.53. The van der Waals surface area contributed by atoms with Crippen molar-refractivity contribution in [3.63, 3.8) is 0 Å². The number of hydrogen-bond acceptors (Lipinski definition) is 5. The van der Waals surface area contributed by atoms with Crippen molar-refractivity contribution in [2.75, 3.05) is 25.6 Å². The summed E-state index contributed by atoms with van der Waals surface area (Å²) in [6, 6.07) is 12.1. The fourth-order valence-corrected chi connectivity index (χ4v) is 3.96. The third-order valence-electron chi connectivity index (χ3n) is 3.89. The fourth-order valence-electron chi connectivity index (χ4n) is 2.54. The molecule has 0 aliphatic heterocycles. The maximum Gasteiger partial charge on any atom is 0.191 e. The molecule has 26 heavy (non-hydrogen) atoms. The summed E-state index contributed by atoms with van der Waals surface area (Å²) in [4.78, 5) is 8.89. The van der Waals surface area contributed by atoms with Crippen molar-refractivity contribution in [1.29, 1.82) is 0 Å². The van der Waals surface area contributed by atoms with Crippen LogP contribution in [0.1, 0.15) is 18.6 Å². The molecule has 0 fully saturated rings. The summed E-state index contributed by atoms with van der Waals surface area (Å²) in [5.41, 5.74) is 1.01. The highest BCUT2D eigenvalue weighted by Crippen LogP contribution is 2.31. The number of nitrogens with zero attached hydrogens (tertiary/aromatic N) is 2.